The van der Waals surface area contributed by atoms with Gasteiger partial charge in [-0.1, -0.05) is 99.8 Å². The maximum Gasteiger partial charge on any atom is 0.308 e. The molecule has 0 bridgehead atoms. The van der Waals surface area contributed by atoms with Crippen LogP contribution in [-0.2, 0) is 20.9 Å². The number of carbonyl (C=O) groups is 3. The Morgan fingerprint density at radius 3 is 2.34 bits per heavy atom. The molecule has 0 saturated carbocycles. The summed E-state index contributed by atoms with van der Waals surface area (Å²) in [4.78, 5) is 55.3. The molecule has 13 heteroatoms. The van der Waals surface area contributed by atoms with Gasteiger partial charge in [-0.25, -0.2) is 4.90 Å². The van der Waals surface area contributed by atoms with E-state index in [2.05, 4.69) is 5.32 Å². The molecular formula is C28H17Cl4N3O4S2. The van der Waals surface area contributed by atoms with Crippen LogP contribution in [0.25, 0.3) is 0 Å². The van der Waals surface area contributed by atoms with Crippen molar-refractivity contribution >= 4 is 98.6 Å². The van der Waals surface area contributed by atoms with E-state index in [0.29, 0.717) is 31.9 Å². The number of aromatic nitrogens is 1. The first kappa shape index (κ1) is 28.3. The molecule has 208 valence electrons. The summed E-state index contributed by atoms with van der Waals surface area (Å²) in [5.74, 6) is -2.85. The van der Waals surface area contributed by atoms with Crippen LogP contribution < -0.4 is 15.1 Å². The minimum absolute atomic E-state index is 0.235. The number of imide groups is 1. The van der Waals surface area contributed by atoms with Crippen molar-refractivity contribution in [1.82, 2.24) is 4.57 Å². The number of nitrogens with one attached hydrogen (secondary N) is 1. The highest BCUT2D eigenvalue weighted by Crippen LogP contribution is 2.55. The smallest absolute Gasteiger partial charge is 0.308 e. The normalized spacial score (nSPS) is 19.7. The largest absolute Gasteiger partial charge is 0.324 e. The zero-order chi connectivity index (χ0) is 29.0. The predicted octanol–water partition coefficient (Wildman–Crippen LogP) is 6.96. The molecule has 0 spiro atoms. The minimum Gasteiger partial charge on any atom is -0.324 e. The maximum atomic E-state index is 13.9. The highest BCUT2D eigenvalue weighted by atomic mass is 35.5. The van der Waals surface area contributed by atoms with Gasteiger partial charge in [-0.15, -0.1) is 0 Å². The Morgan fingerprint density at radius 2 is 1.61 bits per heavy atom. The molecule has 6 rings (SSSR count). The first-order valence-electron chi connectivity index (χ1n) is 12.2. The second-order valence-electron chi connectivity index (χ2n) is 9.33. The Morgan fingerprint density at radius 1 is 0.854 bits per heavy atom. The van der Waals surface area contributed by atoms with Crippen LogP contribution in [0.4, 0.5) is 11.4 Å². The van der Waals surface area contributed by atoms with Crippen molar-refractivity contribution in [2.45, 2.75) is 22.7 Å². The highest BCUT2D eigenvalue weighted by Gasteiger charge is 2.57. The van der Waals surface area contributed by atoms with E-state index >= 15 is 0 Å². The monoisotopic (exact) mass is 663 g/mol. The van der Waals surface area contributed by atoms with Crippen molar-refractivity contribution in [3.05, 3.63) is 107 Å². The number of thiazole rings is 1. The molecule has 1 fully saturated rings. The molecule has 2 aliphatic heterocycles. The van der Waals surface area contributed by atoms with Gasteiger partial charge in [0.1, 0.15) is 11.8 Å². The summed E-state index contributed by atoms with van der Waals surface area (Å²) in [5, 5.41) is 3.42. The van der Waals surface area contributed by atoms with E-state index in [4.69, 9.17) is 46.4 Å². The lowest BCUT2D eigenvalue weighted by molar-refractivity contribution is -0.122. The Bertz CT molecular complexity index is 1790. The number of halogens is 4. The lowest BCUT2D eigenvalue weighted by atomic mass is 9.83. The Labute approximate surface area is 262 Å². The molecule has 1 aromatic heterocycles. The fourth-order valence-electron chi connectivity index (χ4n) is 5.10. The van der Waals surface area contributed by atoms with E-state index in [1.165, 1.54) is 15.5 Å². The van der Waals surface area contributed by atoms with E-state index in [0.717, 1.165) is 23.1 Å². The zero-order valence-corrected chi connectivity index (χ0v) is 25.3. The first-order valence-corrected chi connectivity index (χ1v) is 15.4. The van der Waals surface area contributed by atoms with Gasteiger partial charge in [0.05, 0.1) is 36.7 Å². The molecule has 0 radical (unpaired) electrons. The number of fused-ring (bicyclic) bond motifs is 2. The molecule has 1 N–H and O–H groups in total. The van der Waals surface area contributed by atoms with E-state index in [9.17, 15) is 19.2 Å². The van der Waals surface area contributed by atoms with Crippen molar-refractivity contribution < 1.29 is 14.4 Å². The molecule has 41 heavy (non-hydrogen) atoms. The van der Waals surface area contributed by atoms with Crippen LogP contribution in [-0.4, -0.2) is 27.5 Å². The maximum absolute atomic E-state index is 13.9. The first-order chi connectivity index (χ1) is 19.7. The second kappa shape index (κ2) is 11.1. The highest BCUT2D eigenvalue weighted by molar-refractivity contribution is 8.00. The molecule has 2 unspecified atom stereocenters. The molecule has 2 aliphatic rings. The van der Waals surface area contributed by atoms with Gasteiger partial charge in [0, 0.05) is 16.5 Å². The Kier molecular flexibility index (Phi) is 7.69. The number of nitrogens with zero attached hydrogens (tertiary/aromatic N) is 2. The molecule has 1 saturated heterocycles. The van der Waals surface area contributed by atoms with E-state index in [1.54, 1.807) is 60.7 Å². The Hall–Kier alpha value is -2.79. The molecule has 4 aromatic rings. The summed E-state index contributed by atoms with van der Waals surface area (Å²) in [5.41, 5.74) is 1.39. The number of thioether (sulfide) groups is 1. The SMILES string of the molecule is O=C(Cn1c2c(sc1=O)[C@H](c1cccc(Cl)c1Cl)C1C(=O)N(c3ccccc3)C(=O)C1S2)Nc1ccc(Cl)c(Cl)c1. The van der Waals surface area contributed by atoms with Gasteiger partial charge in [-0.3, -0.25) is 23.7 Å². The van der Waals surface area contributed by atoms with Crippen LogP contribution in [0.2, 0.25) is 20.1 Å². The van der Waals surface area contributed by atoms with Crippen LogP contribution in [0.3, 0.4) is 0 Å². The third-order valence-corrected chi connectivity index (χ3v) is 11.1. The minimum atomic E-state index is -0.853. The van der Waals surface area contributed by atoms with Gasteiger partial charge in [0.15, 0.2) is 0 Å². The number of para-hydroxylation sites is 1. The van der Waals surface area contributed by atoms with Crippen molar-refractivity contribution in [1.29, 1.82) is 0 Å². The lowest BCUT2D eigenvalue weighted by Crippen LogP contribution is -2.33. The standard InChI is InChI=1S/C28H17Cl4N3O4S2/c29-16-10-9-13(11-18(16)31)33-19(36)12-34-27-24(41-28(34)39)20(15-7-4-8-17(30)22(15)32)21-23(40-27)26(38)35(25(21)37)14-5-2-1-3-6-14/h1-11,20-21,23H,12H2,(H,33,36)/t20-,21?,23?/m1/s1. The van der Waals surface area contributed by atoms with Gasteiger partial charge in [0.2, 0.25) is 17.7 Å². The van der Waals surface area contributed by atoms with Crippen molar-refractivity contribution in [3.8, 4) is 0 Å². The summed E-state index contributed by atoms with van der Waals surface area (Å²) in [6.45, 7) is -0.324. The number of rotatable bonds is 5. The number of amides is 3. The number of anilines is 2. The van der Waals surface area contributed by atoms with Crippen LogP contribution >= 0.6 is 69.5 Å². The fourth-order valence-corrected chi connectivity index (χ4v) is 8.59. The molecule has 3 atom stereocenters. The third-order valence-electron chi connectivity index (χ3n) is 6.89. The quantitative estimate of drug-likeness (QED) is 0.233. The summed E-state index contributed by atoms with van der Waals surface area (Å²) in [7, 11) is 0. The van der Waals surface area contributed by atoms with E-state index in [-0.39, 0.29) is 21.6 Å². The van der Waals surface area contributed by atoms with Crippen LogP contribution in [0.1, 0.15) is 16.4 Å². The Balaban J connectivity index is 1.43. The lowest BCUT2D eigenvalue weighted by Gasteiger charge is -2.31. The molecular weight excluding hydrogens is 648 g/mol. The van der Waals surface area contributed by atoms with E-state index in [1.807, 2.05) is 0 Å². The van der Waals surface area contributed by atoms with Gasteiger partial charge < -0.3 is 5.32 Å². The van der Waals surface area contributed by atoms with E-state index < -0.39 is 39.7 Å². The molecule has 3 aromatic carbocycles. The predicted molar refractivity (Wildman–Crippen MR) is 164 cm³/mol. The average molecular weight is 665 g/mol. The fraction of sp³-hybridized carbons (Fsp3) is 0.143. The zero-order valence-electron chi connectivity index (χ0n) is 20.6. The van der Waals surface area contributed by atoms with Gasteiger partial charge in [-0.05, 0) is 42.0 Å². The van der Waals surface area contributed by atoms with Crippen LogP contribution in [0.15, 0.2) is 76.6 Å². The number of hydrogen-bond acceptors (Lipinski definition) is 6. The number of benzene rings is 3. The summed E-state index contributed by atoms with van der Waals surface area (Å²) >= 11 is 27.1. The van der Waals surface area contributed by atoms with Crippen molar-refractivity contribution in [2.24, 2.45) is 5.92 Å². The van der Waals surface area contributed by atoms with Crippen molar-refractivity contribution in [2.75, 3.05) is 10.2 Å². The van der Waals surface area contributed by atoms with Crippen LogP contribution in [0.5, 0.6) is 0 Å². The van der Waals surface area contributed by atoms with Crippen molar-refractivity contribution in [3.63, 3.8) is 0 Å². The van der Waals surface area contributed by atoms with Gasteiger partial charge in [-0.2, -0.15) is 0 Å². The number of carbonyl (C=O) groups excluding carboxylic acids is 3. The summed E-state index contributed by atoms with van der Waals surface area (Å²) in [6, 6.07) is 18.4. The average Bonchev–Trinajstić information content (AvgIpc) is 3.39. The van der Waals surface area contributed by atoms with Crippen LogP contribution in [0, 0.1) is 5.92 Å². The topological polar surface area (TPSA) is 88.5 Å². The van der Waals surface area contributed by atoms with Gasteiger partial charge >= 0.3 is 4.87 Å². The molecule has 0 aliphatic carbocycles. The summed E-state index contributed by atoms with van der Waals surface area (Å²) in [6.07, 6.45) is 0. The molecule has 7 nitrogen and oxygen atoms in total. The number of hydrogen-bond donors (Lipinski definition) is 1. The summed E-state index contributed by atoms with van der Waals surface area (Å²) < 4.78 is 1.32. The second-order valence-corrected chi connectivity index (χ2v) is 13.1. The molecule has 3 amide bonds. The molecule has 3 heterocycles. The third kappa shape index (κ3) is 4.98. The van der Waals surface area contributed by atoms with Gasteiger partial charge in [0.25, 0.3) is 0 Å².